The normalized spacial score (nSPS) is 27.1. The molecule has 0 aromatic carbocycles. The van der Waals surface area contributed by atoms with Gasteiger partial charge in [-0.15, -0.1) is 0 Å². The van der Waals surface area contributed by atoms with Crippen molar-refractivity contribution >= 4 is 6.03 Å². The number of rotatable bonds is 1. The van der Waals surface area contributed by atoms with Crippen LogP contribution in [0.15, 0.2) is 0 Å². The molecule has 5 heteroatoms. The third-order valence-corrected chi connectivity index (χ3v) is 3.90. The first-order chi connectivity index (χ1) is 8.72. The maximum Gasteiger partial charge on any atom is 0.320 e. The third kappa shape index (κ3) is 3.14. The standard InChI is InChI=1S/C13H25N3O2/c1-3-12-11-14(2)5-4-6-16(12)13(17)15-7-9-18-10-8-15/h12H,3-11H2,1-2H3. The fourth-order valence-corrected chi connectivity index (χ4v) is 2.78. The third-order valence-electron chi connectivity index (χ3n) is 3.90. The first-order valence-electron chi connectivity index (χ1n) is 7.04. The van der Waals surface area contributed by atoms with Gasteiger partial charge in [-0.3, -0.25) is 0 Å². The molecule has 2 aliphatic rings. The van der Waals surface area contributed by atoms with Gasteiger partial charge in [0, 0.05) is 32.2 Å². The molecule has 18 heavy (non-hydrogen) atoms. The van der Waals surface area contributed by atoms with Crippen LogP contribution in [0.2, 0.25) is 0 Å². The number of ether oxygens (including phenoxy) is 1. The minimum Gasteiger partial charge on any atom is -0.378 e. The Morgan fingerprint density at radius 3 is 2.61 bits per heavy atom. The molecule has 2 amide bonds. The summed E-state index contributed by atoms with van der Waals surface area (Å²) in [5.41, 5.74) is 0. The summed E-state index contributed by atoms with van der Waals surface area (Å²) in [5.74, 6) is 0. The van der Waals surface area contributed by atoms with Crippen molar-refractivity contribution < 1.29 is 9.53 Å². The summed E-state index contributed by atoms with van der Waals surface area (Å²) >= 11 is 0. The van der Waals surface area contributed by atoms with Crippen LogP contribution < -0.4 is 0 Å². The van der Waals surface area contributed by atoms with E-state index in [1.165, 1.54) is 0 Å². The lowest BCUT2D eigenvalue weighted by molar-refractivity contribution is 0.0391. The zero-order chi connectivity index (χ0) is 13.0. The highest BCUT2D eigenvalue weighted by atomic mass is 16.5. The van der Waals surface area contributed by atoms with Crippen LogP contribution in [-0.2, 0) is 4.74 Å². The summed E-state index contributed by atoms with van der Waals surface area (Å²) in [6, 6.07) is 0.563. The van der Waals surface area contributed by atoms with Crippen molar-refractivity contribution in [3.8, 4) is 0 Å². The van der Waals surface area contributed by atoms with Crippen LogP contribution in [0.5, 0.6) is 0 Å². The summed E-state index contributed by atoms with van der Waals surface area (Å²) in [5, 5.41) is 0. The van der Waals surface area contributed by atoms with Gasteiger partial charge < -0.3 is 19.4 Å². The van der Waals surface area contributed by atoms with Crippen LogP contribution in [0, 0.1) is 0 Å². The lowest BCUT2D eigenvalue weighted by atomic mass is 10.2. The fourth-order valence-electron chi connectivity index (χ4n) is 2.78. The quantitative estimate of drug-likeness (QED) is 0.697. The number of morpholine rings is 1. The Kier molecular flexibility index (Phi) is 4.83. The second-order valence-electron chi connectivity index (χ2n) is 5.25. The molecule has 2 aliphatic heterocycles. The number of carbonyl (C=O) groups excluding carboxylic acids is 1. The minimum absolute atomic E-state index is 0.209. The Balaban J connectivity index is 2.01. The van der Waals surface area contributed by atoms with Gasteiger partial charge in [-0.1, -0.05) is 6.92 Å². The van der Waals surface area contributed by atoms with E-state index >= 15 is 0 Å². The maximum absolute atomic E-state index is 12.6. The average molecular weight is 255 g/mol. The van der Waals surface area contributed by atoms with E-state index in [0.29, 0.717) is 19.3 Å². The summed E-state index contributed by atoms with van der Waals surface area (Å²) < 4.78 is 5.31. The predicted molar refractivity (Wildman–Crippen MR) is 70.7 cm³/mol. The molecule has 2 saturated heterocycles. The van der Waals surface area contributed by atoms with Gasteiger partial charge in [0.25, 0.3) is 0 Å². The molecular formula is C13H25N3O2. The Morgan fingerprint density at radius 1 is 1.22 bits per heavy atom. The average Bonchev–Trinajstić information content (AvgIpc) is 2.60. The molecule has 104 valence electrons. The summed E-state index contributed by atoms with van der Waals surface area (Å²) in [7, 11) is 2.14. The number of carbonyl (C=O) groups is 1. The van der Waals surface area contributed by atoms with Crippen LogP contribution in [0.25, 0.3) is 0 Å². The predicted octanol–water partition coefficient (Wildman–Crippen LogP) is 0.855. The first kappa shape index (κ1) is 13.6. The summed E-state index contributed by atoms with van der Waals surface area (Å²) in [6.07, 6.45) is 2.10. The van der Waals surface area contributed by atoms with Crippen LogP contribution in [0.4, 0.5) is 4.79 Å². The molecule has 0 aliphatic carbocycles. The van der Waals surface area contributed by atoms with Gasteiger partial charge in [0.2, 0.25) is 0 Å². The molecule has 0 bridgehead atoms. The number of amides is 2. The van der Waals surface area contributed by atoms with Gasteiger partial charge in [-0.25, -0.2) is 4.79 Å². The van der Waals surface area contributed by atoms with Crippen LogP contribution in [0.1, 0.15) is 19.8 Å². The van der Waals surface area contributed by atoms with Crippen molar-refractivity contribution in [1.82, 2.24) is 14.7 Å². The molecule has 0 aromatic heterocycles. The highest BCUT2D eigenvalue weighted by Gasteiger charge is 2.29. The molecule has 2 heterocycles. The van der Waals surface area contributed by atoms with Gasteiger partial charge >= 0.3 is 6.03 Å². The van der Waals surface area contributed by atoms with Crippen molar-refractivity contribution in [3.05, 3.63) is 0 Å². The first-order valence-corrected chi connectivity index (χ1v) is 7.04. The smallest absolute Gasteiger partial charge is 0.320 e. The highest BCUT2D eigenvalue weighted by molar-refractivity contribution is 5.75. The fraction of sp³-hybridized carbons (Fsp3) is 0.923. The molecule has 1 atom stereocenters. The molecule has 0 saturated carbocycles. The molecule has 0 spiro atoms. The van der Waals surface area contributed by atoms with Gasteiger partial charge in [-0.2, -0.15) is 0 Å². The highest BCUT2D eigenvalue weighted by Crippen LogP contribution is 2.15. The van der Waals surface area contributed by atoms with E-state index in [1.54, 1.807) is 0 Å². The van der Waals surface area contributed by atoms with E-state index in [-0.39, 0.29) is 6.03 Å². The number of hydrogen-bond donors (Lipinski definition) is 0. The van der Waals surface area contributed by atoms with Crippen molar-refractivity contribution in [1.29, 1.82) is 0 Å². The number of urea groups is 1. The lowest BCUT2D eigenvalue weighted by Gasteiger charge is -2.36. The Morgan fingerprint density at radius 2 is 1.94 bits per heavy atom. The SMILES string of the molecule is CCC1CN(C)CCCN1C(=O)N1CCOCC1. The molecule has 2 rings (SSSR count). The molecule has 2 fully saturated rings. The lowest BCUT2D eigenvalue weighted by Crippen LogP contribution is -2.52. The van der Waals surface area contributed by atoms with Crippen LogP contribution in [-0.4, -0.2) is 79.8 Å². The van der Waals surface area contributed by atoms with Gasteiger partial charge in [0.15, 0.2) is 0 Å². The molecule has 1 unspecified atom stereocenters. The molecule has 0 aromatic rings. The van der Waals surface area contributed by atoms with Crippen molar-refractivity contribution in [2.75, 3.05) is 53.0 Å². The Hall–Kier alpha value is -0.810. The zero-order valence-corrected chi connectivity index (χ0v) is 11.6. The van der Waals surface area contributed by atoms with E-state index in [1.807, 2.05) is 4.90 Å². The second kappa shape index (κ2) is 6.38. The summed E-state index contributed by atoms with van der Waals surface area (Å²) in [6.45, 7) is 7.97. The maximum atomic E-state index is 12.6. The molecule has 0 N–H and O–H groups in total. The summed E-state index contributed by atoms with van der Waals surface area (Å²) in [4.78, 5) is 18.9. The van der Waals surface area contributed by atoms with Gasteiger partial charge in [0.05, 0.1) is 13.2 Å². The molecular weight excluding hydrogens is 230 g/mol. The Labute approximate surface area is 110 Å². The van der Waals surface area contributed by atoms with E-state index in [0.717, 1.165) is 45.6 Å². The van der Waals surface area contributed by atoms with Crippen LogP contribution >= 0.6 is 0 Å². The van der Waals surface area contributed by atoms with Crippen molar-refractivity contribution in [2.24, 2.45) is 0 Å². The van der Waals surface area contributed by atoms with Crippen molar-refractivity contribution in [2.45, 2.75) is 25.8 Å². The largest absolute Gasteiger partial charge is 0.378 e. The van der Waals surface area contributed by atoms with E-state index in [2.05, 4.69) is 23.8 Å². The van der Waals surface area contributed by atoms with Gasteiger partial charge in [-0.05, 0) is 26.4 Å². The second-order valence-corrected chi connectivity index (χ2v) is 5.25. The monoisotopic (exact) mass is 255 g/mol. The van der Waals surface area contributed by atoms with E-state index < -0.39 is 0 Å². The zero-order valence-electron chi connectivity index (χ0n) is 11.6. The van der Waals surface area contributed by atoms with Crippen molar-refractivity contribution in [3.63, 3.8) is 0 Å². The molecule has 0 radical (unpaired) electrons. The van der Waals surface area contributed by atoms with Crippen LogP contribution in [0.3, 0.4) is 0 Å². The minimum atomic E-state index is 0.209. The number of hydrogen-bond acceptors (Lipinski definition) is 3. The number of nitrogens with zero attached hydrogens (tertiary/aromatic N) is 3. The topological polar surface area (TPSA) is 36.0 Å². The molecule has 5 nitrogen and oxygen atoms in total. The Bertz CT molecular complexity index is 279. The van der Waals surface area contributed by atoms with E-state index in [9.17, 15) is 4.79 Å². The van der Waals surface area contributed by atoms with Gasteiger partial charge in [0.1, 0.15) is 0 Å². The van der Waals surface area contributed by atoms with E-state index in [4.69, 9.17) is 4.74 Å². The number of likely N-dealkylation sites (N-methyl/N-ethyl adjacent to an activating group) is 1.